The van der Waals surface area contributed by atoms with Crippen LogP contribution in [0.1, 0.15) is 38.4 Å². The van der Waals surface area contributed by atoms with Crippen LogP contribution in [0.25, 0.3) is 0 Å². The molecular formula is C13H23N5O. The average molecular weight is 265 g/mol. The second-order valence-electron chi connectivity index (χ2n) is 6.28. The predicted octanol–water partition coefficient (Wildman–Crippen LogP) is 0.543. The topological polar surface area (TPSA) is 71.4 Å². The molecule has 1 aliphatic heterocycles. The highest BCUT2D eigenvalue weighted by molar-refractivity contribution is 4.99. The molecule has 0 spiro atoms. The molecule has 1 aliphatic carbocycles. The Bertz CT molecular complexity index is 426. The molecule has 2 fully saturated rings. The van der Waals surface area contributed by atoms with Crippen molar-refractivity contribution in [1.29, 1.82) is 0 Å². The maximum absolute atomic E-state index is 5.96. The van der Waals surface area contributed by atoms with Crippen LogP contribution in [0.3, 0.4) is 0 Å². The molecule has 3 rings (SSSR count). The summed E-state index contributed by atoms with van der Waals surface area (Å²) in [6, 6.07) is 0.871. The summed E-state index contributed by atoms with van der Waals surface area (Å²) >= 11 is 0. The highest BCUT2D eigenvalue weighted by Crippen LogP contribution is 2.27. The molecule has 0 radical (unpaired) electrons. The molecular weight excluding hydrogens is 242 g/mol. The lowest BCUT2D eigenvalue weighted by molar-refractivity contribution is 0.112. The third-order valence-corrected chi connectivity index (χ3v) is 3.87. The second kappa shape index (κ2) is 4.85. The minimum Gasteiger partial charge on any atom is -0.338 e. The van der Waals surface area contributed by atoms with Crippen molar-refractivity contribution in [1.82, 2.24) is 19.9 Å². The van der Waals surface area contributed by atoms with Gasteiger partial charge in [0.25, 0.3) is 0 Å². The van der Waals surface area contributed by atoms with Gasteiger partial charge in [0.2, 0.25) is 5.89 Å². The number of nitrogens with two attached hydrogens (primary N) is 1. The Hall–Kier alpha value is -0.980. The maximum atomic E-state index is 5.96. The van der Waals surface area contributed by atoms with Gasteiger partial charge in [0.15, 0.2) is 5.82 Å². The summed E-state index contributed by atoms with van der Waals surface area (Å²) in [5.41, 5.74) is 5.42. The fourth-order valence-electron chi connectivity index (χ4n) is 2.50. The largest absolute Gasteiger partial charge is 0.338 e. The summed E-state index contributed by atoms with van der Waals surface area (Å²) in [5, 5.41) is 3.96. The first-order valence-corrected chi connectivity index (χ1v) is 7.11. The van der Waals surface area contributed by atoms with Gasteiger partial charge in [-0.15, -0.1) is 0 Å². The zero-order valence-corrected chi connectivity index (χ0v) is 11.8. The Morgan fingerprint density at radius 1 is 1.26 bits per heavy atom. The van der Waals surface area contributed by atoms with Crippen LogP contribution in [0, 0.1) is 0 Å². The first-order valence-electron chi connectivity index (χ1n) is 7.11. The van der Waals surface area contributed by atoms with Gasteiger partial charge in [-0.25, -0.2) is 0 Å². The first-order chi connectivity index (χ1) is 9.02. The third-order valence-electron chi connectivity index (χ3n) is 3.87. The van der Waals surface area contributed by atoms with Crippen LogP contribution < -0.4 is 5.73 Å². The van der Waals surface area contributed by atoms with Gasteiger partial charge < -0.3 is 10.3 Å². The van der Waals surface area contributed by atoms with Gasteiger partial charge in [-0.2, -0.15) is 4.98 Å². The van der Waals surface area contributed by atoms with Gasteiger partial charge >= 0.3 is 0 Å². The van der Waals surface area contributed by atoms with Crippen molar-refractivity contribution in [3.8, 4) is 0 Å². The van der Waals surface area contributed by atoms with Crippen LogP contribution in [-0.2, 0) is 12.1 Å². The van der Waals surface area contributed by atoms with Crippen molar-refractivity contribution in [3.05, 3.63) is 11.7 Å². The van der Waals surface area contributed by atoms with Crippen molar-refractivity contribution < 1.29 is 4.52 Å². The summed E-state index contributed by atoms with van der Waals surface area (Å²) in [6.07, 6.45) is 2.78. The summed E-state index contributed by atoms with van der Waals surface area (Å²) in [6.45, 7) is 9.00. The van der Waals surface area contributed by atoms with Gasteiger partial charge in [-0.1, -0.05) is 5.16 Å². The number of rotatable bonds is 4. The van der Waals surface area contributed by atoms with E-state index in [-0.39, 0.29) is 0 Å². The van der Waals surface area contributed by atoms with E-state index in [0.29, 0.717) is 11.7 Å². The Morgan fingerprint density at radius 2 is 1.95 bits per heavy atom. The zero-order chi connectivity index (χ0) is 13.5. The predicted molar refractivity (Wildman–Crippen MR) is 71.4 cm³/mol. The van der Waals surface area contributed by atoms with Gasteiger partial charge in [0, 0.05) is 32.2 Å². The van der Waals surface area contributed by atoms with Crippen LogP contribution in [0.5, 0.6) is 0 Å². The third kappa shape index (κ3) is 3.13. The molecule has 2 heterocycles. The summed E-state index contributed by atoms with van der Waals surface area (Å²) < 4.78 is 5.28. The van der Waals surface area contributed by atoms with Crippen molar-refractivity contribution in [2.75, 3.05) is 26.2 Å². The minimum atomic E-state index is -0.535. The molecule has 1 saturated heterocycles. The van der Waals surface area contributed by atoms with E-state index in [4.69, 9.17) is 10.3 Å². The van der Waals surface area contributed by atoms with E-state index in [0.717, 1.165) is 38.8 Å². The van der Waals surface area contributed by atoms with Crippen LogP contribution >= 0.6 is 0 Å². The van der Waals surface area contributed by atoms with Crippen LogP contribution in [0.15, 0.2) is 4.52 Å². The molecule has 0 amide bonds. The Morgan fingerprint density at radius 3 is 2.47 bits per heavy atom. The molecule has 0 atom stereocenters. The lowest BCUT2D eigenvalue weighted by Crippen LogP contribution is -2.46. The summed E-state index contributed by atoms with van der Waals surface area (Å²) in [4.78, 5) is 9.35. The van der Waals surface area contributed by atoms with Crippen LogP contribution in [0.2, 0.25) is 0 Å². The normalized spacial score (nSPS) is 22.9. The van der Waals surface area contributed by atoms with E-state index in [1.807, 2.05) is 13.8 Å². The fraction of sp³-hybridized carbons (Fsp3) is 0.846. The molecule has 2 aliphatic rings. The van der Waals surface area contributed by atoms with E-state index >= 15 is 0 Å². The van der Waals surface area contributed by atoms with E-state index < -0.39 is 5.54 Å². The average Bonchev–Trinajstić information content (AvgIpc) is 3.09. The highest BCUT2D eigenvalue weighted by Gasteiger charge is 2.31. The quantitative estimate of drug-likeness (QED) is 0.857. The van der Waals surface area contributed by atoms with Crippen molar-refractivity contribution in [3.63, 3.8) is 0 Å². The molecule has 1 aromatic heterocycles. The molecule has 1 aromatic rings. The lowest BCUT2D eigenvalue weighted by Gasteiger charge is -2.33. The molecule has 1 saturated carbocycles. The van der Waals surface area contributed by atoms with Gasteiger partial charge in [-0.3, -0.25) is 9.80 Å². The van der Waals surface area contributed by atoms with Crippen LogP contribution in [-0.4, -0.2) is 52.2 Å². The van der Waals surface area contributed by atoms with E-state index in [9.17, 15) is 0 Å². The van der Waals surface area contributed by atoms with E-state index in [1.54, 1.807) is 0 Å². The minimum absolute atomic E-state index is 0.535. The SMILES string of the molecule is CC(C)(N)c1noc(CN2CCN(C3CC3)CC2)n1. The second-order valence-corrected chi connectivity index (χ2v) is 6.28. The number of aromatic nitrogens is 2. The smallest absolute Gasteiger partial charge is 0.240 e. The van der Waals surface area contributed by atoms with E-state index in [2.05, 4.69) is 19.9 Å². The molecule has 6 heteroatoms. The summed E-state index contributed by atoms with van der Waals surface area (Å²) in [7, 11) is 0. The molecule has 2 N–H and O–H groups in total. The maximum Gasteiger partial charge on any atom is 0.240 e. The lowest BCUT2D eigenvalue weighted by atomic mass is 10.1. The molecule has 106 valence electrons. The first kappa shape index (κ1) is 13.0. The number of hydrogen-bond donors (Lipinski definition) is 1. The van der Waals surface area contributed by atoms with Crippen molar-refractivity contribution in [2.45, 2.75) is 44.8 Å². The number of piperazine rings is 1. The van der Waals surface area contributed by atoms with Crippen molar-refractivity contribution in [2.24, 2.45) is 5.73 Å². The van der Waals surface area contributed by atoms with Crippen molar-refractivity contribution >= 4 is 0 Å². The Kier molecular flexibility index (Phi) is 3.32. The molecule has 0 unspecified atom stereocenters. The van der Waals surface area contributed by atoms with Gasteiger partial charge in [-0.05, 0) is 26.7 Å². The molecule has 0 bridgehead atoms. The monoisotopic (exact) mass is 265 g/mol. The standard InChI is InChI=1S/C13H23N5O/c1-13(2,14)12-15-11(19-16-12)9-17-5-7-18(8-6-17)10-3-4-10/h10H,3-9,14H2,1-2H3. The summed E-state index contributed by atoms with van der Waals surface area (Å²) in [5.74, 6) is 1.26. The number of nitrogens with zero attached hydrogens (tertiary/aromatic N) is 4. The van der Waals surface area contributed by atoms with Crippen LogP contribution in [0.4, 0.5) is 0 Å². The van der Waals surface area contributed by atoms with Gasteiger partial charge in [0.05, 0.1) is 12.1 Å². The molecule has 6 nitrogen and oxygen atoms in total. The fourth-order valence-corrected chi connectivity index (χ4v) is 2.50. The highest BCUT2D eigenvalue weighted by atomic mass is 16.5. The Balaban J connectivity index is 1.53. The number of hydrogen-bond acceptors (Lipinski definition) is 6. The van der Waals surface area contributed by atoms with Gasteiger partial charge in [0.1, 0.15) is 0 Å². The molecule has 0 aromatic carbocycles. The van der Waals surface area contributed by atoms with E-state index in [1.165, 1.54) is 12.8 Å². The zero-order valence-electron chi connectivity index (χ0n) is 11.8. The molecule has 19 heavy (non-hydrogen) atoms. The Labute approximate surface area is 113 Å².